The first-order valence-electron chi connectivity index (χ1n) is 9.36. The van der Waals surface area contributed by atoms with E-state index in [2.05, 4.69) is 33.0 Å². The Kier molecular flexibility index (Phi) is 4.49. The summed E-state index contributed by atoms with van der Waals surface area (Å²) in [6.07, 6.45) is 0. The third-order valence-corrected chi connectivity index (χ3v) is 6.82. The van der Waals surface area contributed by atoms with Crippen LogP contribution in [0.3, 0.4) is 0 Å². The Morgan fingerprint density at radius 1 is 1.04 bits per heavy atom. The van der Waals surface area contributed by atoms with E-state index >= 15 is 0 Å². The van der Waals surface area contributed by atoms with Crippen molar-refractivity contribution in [2.24, 2.45) is 5.41 Å². The minimum Gasteiger partial charge on any atom is -0.508 e. The van der Waals surface area contributed by atoms with Gasteiger partial charge in [0.1, 0.15) is 11.5 Å². The van der Waals surface area contributed by atoms with Gasteiger partial charge in [0.05, 0.1) is 0 Å². The lowest BCUT2D eigenvalue weighted by Crippen LogP contribution is -2.66. The summed E-state index contributed by atoms with van der Waals surface area (Å²) in [4.78, 5) is 13.3. The molecule has 0 fully saturated rings. The van der Waals surface area contributed by atoms with Crippen molar-refractivity contribution in [2.45, 2.75) is 59.1 Å². The number of amides is 1. The Labute approximate surface area is 161 Å². The van der Waals surface area contributed by atoms with Gasteiger partial charge in [0.2, 0.25) is 0 Å². The SMILES string of the molecule is Cc1c(O)ccc2c1C(C)(C)C(C)(C)C(C)(C(=O)NCc1ccccc1)O2. The first kappa shape index (κ1) is 19.3. The summed E-state index contributed by atoms with van der Waals surface area (Å²) >= 11 is 0. The van der Waals surface area contributed by atoms with Gasteiger partial charge in [0, 0.05) is 22.9 Å². The molecule has 1 atom stereocenters. The predicted octanol–water partition coefficient (Wildman–Crippen LogP) is 4.47. The molecule has 0 radical (unpaired) electrons. The normalized spacial score (nSPS) is 22.4. The highest BCUT2D eigenvalue weighted by molar-refractivity contribution is 5.87. The second kappa shape index (κ2) is 6.29. The van der Waals surface area contributed by atoms with Crippen molar-refractivity contribution in [1.29, 1.82) is 0 Å². The van der Waals surface area contributed by atoms with Crippen molar-refractivity contribution in [3.8, 4) is 11.5 Å². The molecule has 0 aliphatic carbocycles. The van der Waals surface area contributed by atoms with E-state index in [4.69, 9.17) is 4.74 Å². The van der Waals surface area contributed by atoms with Gasteiger partial charge in [-0.15, -0.1) is 0 Å². The van der Waals surface area contributed by atoms with Crippen molar-refractivity contribution in [2.75, 3.05) is 0 Å². The molecule has 0 aromatic heterocycles. The number of fused-ring (bicyclic) bond motifs is 1. The molecule has 2 N–H and O–H groups in total. The minimum absolute atomic E-state index is 0.138. The van der Waals surface area contributed by atoms with E-state index in [1.54, 1.807) is 12.1 Å². The van der Waals surface area contributed by atoms with Crippen LogP contribution in [0.15, 0.2) is 42.5 Å². The molecule has 1 aliphatic rings. The van der Waals surface area contributed by atoms with Gasteiger partial charge in [0.15, 0.2) is 5.60 Å². The van der Waals surface area contributed by atoms with E-state index in [-0.39, 0.29) is 17.1 Å². The largest absolute Gasteiger partial charge is 0.508 e. The van der Waals surface area contributed by atoms with Crippen LogP contribution in [0, 0.1) is 12.3 Å². The highest BCUT2D eigenvalue weighted by Crippen LogP contribution is 2.58. The van der Waals surface area contributed by atoms with Crippen LogP contribution in [-0.2, 0) is 16.8 Å². The molecular formula is C23H29NO3. The molecule has 1 amide bonds. The predicted molar refractivity (Wildman–Crippen MR) is 107 cm³/mol. The first-order valence-corrected chi connectivity index (χ1v) is 9.36. The summed E-state index contributed by atoms with van der Waals surface area (Å²) in [6, 6.07) is 13.2. The Morgan fingerprint density at radius 3 is 2.30 bits per heavy atom. The minimum atomic E-state index is -1.05. The number of hydrogen-bond acceptors (Lipinski definition) is 3. The Morgan fingerprint density at radius 2 is 1.67 bits per heavy atom. The molecule has 3 rings (SSSR count). The van der Waals surface area contributed by atoms with Gasteiger partial charge >= 0.3 is 0 Å². The molecule has 27 heavy (non-hydrogen) atoms. The third-order valence-electron chi connectivity index (χ3n) is 6.82. The lowest BCUT2D eigenvalue weighted by molar-refractivity contribution is -0.156. The van der Waals surface area contributed by atoms with Gasteiger partial charge in [-0.1, -0.05) is 58.0 Å². The quantitative estimate of drug-likeness (QED) is 0.841. The molecule has 144 valence electrons. The number of hydrogen-bond donors (Lipinski definition) is 2. The van der Waals surface area contributed by atoms with Crippen LogP contribution in [0.2, 0.25) is 0 Å². The molecule has 0 bridgehead atoms. The molecule has 4 heteroatoms. The highest BCUT2D eigenvalue weighted by Gasteiger charge is 2.61. The second-order valence-electron chi connectivity index (χ2n) is 8.64. The standard InChI is InChI=1S/C23H29NO3/c1-15-17(25)12-13-18-19(15)21(2,3)22(4,5)23(6,27-18)20(26)24-14-16-10-8-7-9-11-16/h7-13,25H,14H2,1-6H3,(H,24,26). The van der Waals surface area contributed by atoms with Crippen molar-refractivity contribution >= 4 is 5.91 Å². The number of aromatic hydroxyl groups is 1. The molecule has 4 nitrogen and oxygen atoms in total. The maximum absolute atomic E-state index is 13.3. The smallest absolute Gasteiger partial charge is 0.264 e. The average molecular weight is 367 g/mol. The summed E-state index contributed by atoms with van der Waals surface area (Å²) in [5.41, 5.74) is 0.845. The van der Waals surface area contributed by atoms with Gasteiger partial charge in [-0.05, 0) is 37.1 Å². The van der Waals surface area contributed by atoms with Gasteiger partial charge in [-0.3, -0.25) is 4.79 Å². The average Bonchev–Trinajstić information content (AvgIpc) is 2.62. The zero-order valence-electron chi connectivity index (χ0n) is 17.0. The number of rotatable bonds is 3. The lowest BCUT2D eigenvalue weighted by atomic mass is 9.54. The van der Waals surface area contributed by atoms with Crippen molar-refractivity contribution in [1.82, 2.24) is 5.32 Å². The number of phenolic OH excluding ortho intramolecular Hbond substituents is 1. The van der Waals surface area contributed by atoms with Gasteiger partial charge in [-0.2, -0.15) is 0 Å². The molecule has 0 saturated heterocycles. The summed E-state index contributed by atoms with van der Waals surface area (Å²) in [6.45, 7) is 12.6. The van der Waals surface area contributed by atoms with Crippen LogP contribution in [0.5, 0.6) is 11.5 Å². The molecule has 0 saturated carbocycles. The van der Waals surface area contributed by atoms with E-state index in [9.17, 15) is 9.90 Å². The molecule has 1 heterocycles. The number of benzene rings is 2. The van der Waals surface area contributed by atoms with Gasteiger partial charge in [-0.25, -0.2) is 0 Å². The molecule has 1 aliphatic heterocycles. The van der Waals surface area contributed by atoms with Crippen molar-refractivity contribution in [3.05, 3.63) is 59.2 Å². The van der Waals surface area contributed by atoms with Gasteiger partial charge in [0.25, 0.3) is 5.91 Å². The number of phenols is 1. The number of carbonyl (C=O) groups excluding carboxylic acids is 1. The van der Waals surface area contributed by atoms with E-state index in [0.29, 0.717) is 12.3 Å². The van der Waals surface area contributed by atoms with E-state index in [1.165, 1.54) is 0 Å². The van der Waals surface area contributed by atoms with E-state index in [1.807, 2.05) is 44.2 Å². The zero-order chi connectivity index (χ0) is 20.0. The fraction of sp³-hybridized carbons (Fsp3) is 0.435. The fourth-order valence-electron chi connectivity index (χ4n) is 4.07. The van der Waals surface area contributed by atoms with Crippen LogP contribution in [0.25, 0.3) is 0 Å². The summed E-state index contributed by atoms with van der Waals surface area (Å²) in [7, 11) is 0. The monoisotopic (exact) mass is 367 g/mol. The van der Waals surface area contributed by atoms with Crippen LogP contribution in [0.4, 0.5) is 0 Å². The molecule has 1 unspecified atom stereocenters. The molecular weight excluding hydrogens is 338 g/mol. The number of nitrogens with one attached hydrogen (secondary N) is 1. The third kappa shape index (κ3) is 2.78. The molecule has 0 spiro atoms. The highest BCUT2D eigenvalue weighted by atomic mass is 16.5. The van der Waals surface area contributed by atoms with Crippen LogP contribution < -0.4 is 10.1 Å². The lowest BCUT2D eigenvalue weighted by Gasteiger charge is -2.56. The summed E-state index contributed by atoms with van der Waals surface area (Å²) in [5, 5.41) is 13.2. The van der Waals surface area contributed by atoms with Crippen LogP contribution in [0.1, 0.15) is 51.3 Å². The topological polar surface area (TPSA) is 58.6 Å². The van der Waals surface area contributed by atoms with Crippen molar-refractivity contribution in [3.63, 3.8) is 0 Å². The zero-order valence-corrected chi connectivity index (χ0v) is 17.0. The number of carbonyl (C=O) groups is 1. The Balaban J connectivity index is 1.99. The molecule has 2 aromatic rings. The summed E-state index contributed by atoms with van der Waals surface area (Å²) < 4.78 is 6.33. The Hall–Kier alpha value is -2.49. The fourth-order valence-corrected chi connectivity index (χ4v) is 4.07. The molecule has 2 aromatic carbocycles. The maximum Gasteiger partial charge on any atom is 0.264 e. The first-order chi connectivity index (χ1) is 12.5. The maximum atomic E-state index is 13.3. The van der Waals surface area contributed by atoms with E-state index < -0.39 is 11.0 Å². The summed E-state index contributed by atoms with van der Waals surface area (Å²) in [5.74, 6) is 0.770. The van der Waals surface area contributed by atoms with Crippen LogP contribution >= 0.6 is 0 Å². The van der Waals surface area contributed by atoms with Crippen LogP contribution in [-0.4, -0.2) is 16.6 Å². The van der Waals surface area contributed by atoms with Gasteiger partial charge < -0.3 is 15.2 Å². The second-order valence-corrected chi connectivity index (χ2v) is 8.64. The number of ether oxygens (including phenoxy) is 1. The Bertz CT molecular complexity index is 871. The van der Waals surface area contributed by atoms with Crippen molar-refractivity contribution < 1.29 is 14.6 Å². The van der Waals surface area contributed by atoms with E-state index in [0.717, 1.165) is 16.7 Å².